The highest BCUT2D eigenvalue weighted by Crippen LogP contribution is 2.44. The first kappa shape index (κ1) is 26.3. The molecule has 0 aliphatic carbocycles. The zero-order valence-corrected chi connectivity index (χ0v) is 22.0. The van der Waals surface area contributed by atoms with E-state index in [4.69, 9.17) is 0 Å². The van der Waals surface area contributed by atoms with Crippen molar-refractivity contribution < 1.29 is 26.3 Å². The maximum absolute atomic E-state index is 14.0. The first-order valence-corrected chi connectivity index (χ1v) is 11.9. The highest BCUT2D eigenvalue weighted by molar-refractivity contribution is 14.1. The highest BCUT2D eigenvalue weighted by atomic mass is 127. The molecule has 0 heterocycles. The van der Waals surface area contributed by atoms with E-state index < -0.39 is 29.0 Å². The van der Waals surface area contributed by atoms with Crippen LogP contribution in [-0.4, -0.2) is 0 Å². The lowest BCUT2D eigenvalue weighted by Crippen LogP contribution is -2.18. The Morgan fingerprint density at radius 2 is 1.09 bits per heavy atom. The van der Waals surface area contributed by atoms with E-state index >= 15 is 0 Å². The van der Waals surface area contributed by atoms with E-state index in [1.165, 1.54) is 12.1 Å². The molecule has 3 rings (SSSR count). The number of alkyl halides is 6. The monoisotopic (exact) mass is 686 g/mol. The molecule has 0 spiro atoms. The second-order valence-electron chi connectivity index (χ2n) is 8.50. The van der Waals surface area contributed by atoms with Crippen molar-refractivity contribution >= 4 is 45.2 Å². The van der Waals surface area contributed by atoms with Gasteiger partial charge in [0.1, 0.15) is 0 Å². The summed E-state index contributed by atoms with van der Waals surface area (Å²) in [6, 6.07) is 12.8. The van der Waals surface area contributed by atoms with Crippen LogP contribution in [-0.2, 0) is 17.8 Å². The fraction of sp³-hybridized carbons (Fsp3) is 0.240. The predicted molar refractivity (Wildman–Crippen MR) is 134 cm³/mol. The molecule has 2 radical (unpaired) electrons. The van der Waals surface area contributed by atoms with Crippen LogP contribution >= 0.6 is 45.2 Å². The lowest BCUT2D eigenvalue weighted by Gasteiger charge is -2.23. The molecule has 0 aliphatic heterocycles. The molecule has 0 unspecified atom stereocenters. The molecule has 174 valence electrons. The third-order valence-electron chi connectivity index (χ3n) is 5.01. The third-order valence-corrected chi connectivity index (χ3v) is 6.72. The Labute approximate surface area is 216 Å². The Balaban J connectivity index is 2.27. The lowest BCUT2D eigenvalue weighted by atomic mass is 9.85. The van der Waals surface area contributed by atoms with E-state index in [1.54, 1.807) is 30.3 Å². The summed E-state index contributed by atoms with van der Waals surface area (Å²) in [7, 11) is 0. The molecular formula is C25H18F6I2. The van der Waals surface area contributed by atoms with Gasteiger partial charge in [0, 0.05) is 7.14 Å². The van der Waals surface area contributed by atoms with Crippen molar-refractivity contribution in [1.29, 1.82) is 0 Å². The van der Waals surface area contributed by atoms with Gasteiger partial charge in [-0.15, -0.1) is 0 Å². The Bertz CT molecular complexity index is 1100. The average Bonchev–Trinajstić information content (AvgIpc) is 2.68. The van der Waals surface area contributed by atoms with Gasteiger partial charge in [-0.2, -0.15) is 26.3 Å². The van der Waals surface area contributed by atoms with Crippen molar-refractivity contribution in [3.05, 3.63) is 96.0 Å². The van der Waals surface area contributed by atoms with Crippen molar-refractivity contribution in [3.63, 3.8) is 0 Å². The summed E-state index contributed by atoms with van der Waals surface area (Å²) in [6.07, 6.45) is -7.52. The summed E-state index contributed by atoms with van der Waals surface area (Å²) in [4.78, 5) is 0. The Morgan fingerprint density at radius 1 is 0.636 bits per heavy atom. The molecule has 0 amide bonds. The largest absolute Gasteiger partial charge is 0.416 e. The van der Waals surface area contributed by atoms with Crippen LogP contribution in [0.25, 0.3) is 11.1 Å². The molecular weight excluding hydrogens is 668 g/mol. The summed E-state index contributed by atoms with van der Waals surface area (Å²) >= 11 is 3.86. The van der Waals surface area contributed by atoms with Crippen molar-refractivity contribution in [2.24, 2.45) is 0 Å². The molecule has 8 heteroatoms. The topological polar surface area (TPSA) is 0 Å². The number of rotatable bonds is 3. The van der Waals surface area contributed by atoms with Crippen LogP contribution in [0.15, 0.2) is 54.6 Å². The Kier molecular flexibility index (Phi) is 7.49. The summed E-state index contributed by atoms with van der Waals surface area (Å²) in [5, 5.41) is 0. The summed E-state index contributed by atoms with van der Waals surface area (Å²) < 4.78 is 85.2. The zero-order chi connectivity index (χ0) is 24.8. The van der Waals surface area contributed by atoms with Crippen molar-refractivity contribution in [1.82, 2.24) is 0 Å². The molecule has 0 fully saturated rings. The summed E-state index contributed by atoms with van der Waals surface area (Å²) in [5.74, 6) is 0. The van der Waals surface area contributed by atoms with Gasteiger partial charge in [-0.25, -0.2) is 0 Å². The molecule has 0 saturated carbocycles. The van der Waals surface area contributed by atoms with Crippen LogP contribution in [0.5, 0.6) is 0 Å². The van der Waals surface area contributed by atoms with Crippen molar-refractivity contribution in [3.8, 4) is 11.1 Å². The maximum Gasteiger partial charge on any atom is 0.416 e. The van der Waals surface area contributed by atoms with Gasteiger partial charge in [0.2, 0.25) is 0 Å². The van der Waals surface area contributed by atoms with E-state index in [0.29, 0.717) is 7.14 Å². The van der Waals surface area contributed by atoms with Crippen LogP contribution in [0.2, 0.25) is 0 Å². The van der Waals surface area contributed by atoms with Crippen molar-refractivity contribution in [2.45, 2.75) is 38.5 Å². The first-order chi connectivity index (χ1) is 15.1. The van der Waals surface area contributed by atoms with Gasteiger partial charge in [0.25, 0.3) is 0 Å². The Hall–Kier alpha value is -1.30. The van der Waals surface area contributed by atoms with E-state index in [-0.39, 0.29) is 22.1 Å². The summed E-state index contributed by atoms with van der Waals surface area (Å²) in [6.45, 7) is 5.94. The van der Waals surface area contributed by atoms with Crippen molar-refractivity contribution in [2.75, 3.05) is 0 Å². The fourth-order valence-electron chi connectivity index (χ4n) is 3.27. The average molecular weight is 686 g/mol. The first-order valence-electron chi connectivity index (χ1n) is 9.73. The molecule has 0 aromatic heterocycles. The van der Waals surface area contributed by atoms with E-state index in [2.05, 4.69) is 6.42 Å². The van der Waals surface area contributed by atoms with Gasteiger partial charge < -0.3 is 0 Å². The second kappa shape index (κ2) is 9.39. The Morgan fingerprint density at radius 3 is 1.48 bits per heavy atom. The minimum Gasteiger partial charge on any atom is -0.166 e. The maximum atomic E-state index is 14.0. The van der Waals surface area contributed by atoms with Gasteiger partial charge in [0.15, 0.2) is 0 Å². The second-order valence-corrected chi connectivity index (χ2v) is 10.8. The normalized spacial score (nSPS) is 12.8. The molecule has 33 heavy (non-hydrogen) atoms. The fourth-order valence-corrected chi connectivity index (χ4v) is 5.31. The third kappa shape index (κ3) is 6.04. The van der Waals surface area contributed by atoms with Gasteiger partial charge in [-0.3, -0.25) is 0 Å². The van der Waals surface area contributed by atoms with Crippen LogP contribution in [0.1, 0.15) is 48.6 Å². The molecule has 0 bridgehead atoms. The molecule has 0 nitrogen and oxygen atoms in total. The quantitative estimate of drug-likeness (QED) is 0.190. The van der Waals surface area contributed by atoms with E-state index in [0.717, 1.165) is 17.7 Å². The highest BCUT2D eigenvalue weighted by Gasteiger charge is 2.42. The van der Waals surface area contributed by atoms with Gasteiger partial charge >= 0.3 is 12.4 Å². The number of halogens is 8. The number of hydrogen-bond donors (Lipinski definition) is 0. The van der Waals surface area contributed by atoms with E-state index in [9.17, 15) is 26.3 Å². The standard InChI is InChI=1S/C25H18F6I2/c1-23(2,3)16-11-21(32)18(22(33)12-16)13-17-19(24(26,27)28)9-15(10-20(17)25(29,30)31)14-7-5-4-6-8-14/h4-12H,1-3H3. The molecule has 0 N–H and O–H groups in total. The molecule has 0 aliphatic rings. The van der Waals surface area contributed by atoms with Crippen LogP contribution in [0, 0.1) is 13.6 Å². The predicted octanol–water partition coefficient (Wildman–Crippen LogP) is 9.38. The molecule has 0 saturated heterocycles. The van der Waals surface area contributed by atoms with Crippen LogP contribution in [0.4, 0.5) is 26.3 Å². The van der Waals surface area contributed by atoms with Crippen LogP contribution in [0.3, 0.4) is 0 Å². The minimum absolute atomic E-state index is 0.159. The number of hydrogen-bond acceptors (Lipinski definition) is 0. The molecule has 3 aromatic carbocycles. The molecule has 0 atom stereocenters. The number of benzene rings is 3. The SMILES string of the molecule is CC(C)(C)c1cc(I)c([C]c2c(C(F)(F)F)cc(-c3ccccc3)cc2C(F)(F)F)c(I)c1. The summed E-state index contributed by atoms with van der Waals surface area (Å²) in [5.41, 5.74) is -2.75. The lowest BCUT2D eigenvalue weighted by molar-refractivity contribution is -0.143. The zero-order valence-electron chi connectivity index (χ0n) is 17.7. The van der Waals surface area contributed by atoms with E-state index in [1.807, 2.05) is 66.0 Å². The van der Waals surface area contributed by atoms with Gasteiger partial charge in [0.05, 0.1) is 17.5 Å². The minimum atomic E-state index is -5.00. The van der Waals surface area contributed by atoms with Gasteiger partial charge in [-0.05, 0) is 103 Å². The smallest absolute Gasteiger partial charge is 0.166 e. The van der Waals surface area contributed by atoms with Crippen LogP contribution < -0.4 is 0 Å². The van der Waals surface area contributed by atoms with Gasteiger partial charge in [-0.1, -0.05) is 51.1 Å². The molecule has 3 aromatic rings.